The van der Waals surface area contributed by atoms with Crippen LogP contribution < -0.4 is 0 Å². The summed E-state index contributed by atoms with van der Waals surface area (Å²) in [6.07, 6.45) is 0.851. The number of ether oxygens (including phenoxy) is 1. The SMILES string of the molecule is C/C(Cl)=C\CON1C(=O)[C@@H]2[C@H]3O[C@@H]([C@@H]2C1=O)[C@@H]1[C@@H]3[C@@]2(Cl)C[C@@]1(Cl)C(Cl)=C2Cl. The Bertz CT molecular complexity index is 787. The highest BCUT2D eigenvalue weighted by Gasteiger charge is 2.82. The predicted molar refractivity (Wildman–Crippen MR) is 101 cm³/mol. The summed E-state index contributed by atoms with van der Waals surface area (Å²) in [7, 11) is 0. The number of hydroxylamine groups is 2. The summed E-state index contributed by atoms with van der Waals surface area (Å²) in [4.78, 5) is 29.2. The first-order valence-electron chi connectivity index (χ1n) is 8.55. The molecule has 5 aliphatic rings. The summed E-state index contributed by atoms with van der Waals surface area (Å²) in [6, 6.07) is 0. The Kier molecular flexibility index (Phi) is 4.06. The number of fused-ring (bicyclic) bond motifs is 12. The minimum atomic E-state index is -0.967. The van der Waals surface area contributed by atoms with Crippen LogP contribution in [0.4, 0.5) is 0 Å². The zero-order valence-corrected chi connectivity index (χ0v) is 17.7. The fourth-order valence-corrected chi connectivity index (χ4v) is 7.70. The summed E-state index contributed by atoms with van der Waals surface area (Å²) in [5, 5.41) is 1.98. The van der Waals surface area contributed by atoms with Crippen LogP contribution in [0.1, 0.15) is 13.3 Å². The number of amides is 2. The first-order chi connectivity index (χ1) is 12.6. The maximum Gasteiger partial charge on any atom is 0.260 e. The largest absolute Gasteiger partial charge is 0.373 e. The van der Waals surface area contributed by atoms with Gasteiger partial charge in [-0.25, -0.2) is 0 Å². The fourth-order valence-electron chi connectivity index (χ4n) is 5.62. The van der Waals surface area contributed by atoms with Gasteiger partial charge in [-0.15, -0.1) is 23.2 Å². The molecule has 0 aromatic rings. The lowest BCUT2D eigenvalue weighted by molar-refractivity contribution is -0.189. The number of rotatable bonds is 3. The van der Waals surface area contributed by atoms with Crippen molar-refractivity contribution in [2.24, 2.45) is 23.7 Å². The van der Waals surface area contributed by atoms with Crippen LogP contribution in [0.5, 0.6) is 0 Å². The third kappa shape index (κ3) is 2.12. The van der Waals surface area contributed by atoms with Gasteiger partial charge in [0, 0.05) is 16.9 Å². The Morgan fingerprint density at radius 1 is 1.15 bits per heavy atom. The van der Waals surface area contributed by atoms with Crippen molar-refractivity contribution in [2.45, 2.75) is 35.3 Å². The molecule has 10 heteroatoms. The normalized spacial score (nSPS) is 50.3. The number of carbonyl (C=O) groups excluding carboxylic acids is 2. The highest BCUT2D eigenvalue weighted by molar-refractivity contribution is 6.51. The third-order valence-electron chi connectivity index (χ3n) is 6.54. The van der Waals surface area contributed by atoms with Crippen molar-refractivity contribution in [3.8, 4) is 0 Å². The summed E-state index contributed by atoms with van der Waals surface area (Å²) in [6.45, 7) is 1.70. The first kappa shape index (κ1) is 19.0. The van der Waals surface area contributed by atoms with Gasteiger partial charge in [-0.05, 0) is 19.4 Å². The van der Waals surface area contributed by atoms with Gasteiger partial charge in [-0.1, -0.05) is 34.8 Å². The second kappa shape index (κ2) is 5.78. The van der Waals surface area contributed by atoms with E-state index < -0.39 is 45.6 Å². The molecule has 3 saturated heterocycles. The maximum atomic E-state index is 12.9. The number of hydrogen-bond acceptors (Lipinski definition) is 4. The van der Waals surface area contributed by atoms with Crippen LogP contribution >= 0.6 is 58.0 Å². The Hall–Kier alpha value is -0.0100. The highest BCUT2D eigenvalue weighted by atomic mass is 35.5. The van der Waals surface area contributed by atoms with Gasteiger partial charge in [0.1, 0.15) is 0 Å². The van der Waals surface area contributed by atoms with Crippen molar-refractivity contribution in [2.75, 3.05) is 6.61 Å². The van der Waals surface area contributed by atoms with E-state index in [0.29, 0.717) is 21.5 Å². The van der Waals surface area contributed by atoms with E-state index in [2.05, 4.69) is 0 Å². The van der Waals surface area contributed by atoms with Gasteiger partial charge in [-0.2, -0.15) is 5.06 Å². The number of nitrogens with zero attached hydrogens (tertiary/aromatic N) is 1. The molecule has 8 atom stereocenters. The van der Waals surface area contributed by atoms with Crippen LogP contribution in [0.3, 0.4) is 0 Å². The third-order valence-corrected chi connectivity index (χ3v) is 9.18. The van der Waals surface area contributed by atoms with Crippen molar-refractivity contribution < 1.29 is 19.2 Å². The molecular formula is C17H14Cl5NO4. The molecule has 2 amide bonds. The van der Waals surface area contributed by atoms with Crippen molar-refractivity contribution in [1.82, 2.24) is 5.06 Å². The second-order valence-electron chi connectivity index (χ2n) is 7.76. The van der Waals surface area contributed by atoms with Crippen molar-refractivity contribution in [3.63, 3.8) is 0 Å². The van der Waals surface area contributed by atoms with Crippen LogP contribution in [0.2, 0.25) is 0 Å². The van der Waals surface area contributed by atoms with Gasteiger partial charge in [0.15, 0.2) is 0 Å². The van der Waals surface area contributed by atoms with E-state index in [4.69, 9.17) is 67.6 Å². The summed E-state index contributed by atoms with van der Waals surface area (Å²) in [5.74, 6) is -2.70. The average Bonchev–Trinajstić information content (AvgIpc) is 3.32. The first-order valence-corrected chi connectivity index (χ1v) is 10.4. The van der Waals surface area contributed by atoms with E-state index in [1.54, 1.807) is 13.0 Å². The lowest BCUT2D eigenvalue weighted by Crippen LogP contribution is -2.50. The zero-order valence-electron chi connectivity index (χ0n) is 13.9. The molecule has 0 aromatic heterocycles. The average molecular weight is 474 g/mol. The highest BCUT2D eigenvalue weighted by Crippen LogP contribution is 2.75. The fraction of sp³-hybridized carbons (Fsp3) is 0.647. The van der Waals surface area contributed by atoms with Crippen LogP contribution in [0.25, 0.3) is 0 Å². The van der Waals surface area contributed by atoms with Gasteiger partial charge in [-0.3, -0.25) is 14.4 Å². The van der Waals surface area contributed by atoms with Gasteiger partial charge in [0.25, 0.3) is 11.8 Å². The molecule has 4 fully saturated rings. The molecule has 2 aliphatic carbocycles. The number of hydrogen-bond donors (Lipinski definition) is 0. The molecule has 5 nitrogen and oxygen atoms in total. The molecule has 5 rings (SSSR count). The Labute approximate surface area is 180 Å². The summed E-state index contributed by atoms with van der Waals surface area (Å²) < 4.78 is 6.08. The molecule has 3 aliphatic heterocycles. The van der Waals surface area contributed by atoms with Gasteiger partial charge in [0.2, 0.25) is 0 Å². The number of alkyl halides is 2. The van der Waals surface area contributed by atoms with Crippen molar-refractivity contribution in [3.05, 3.63) is 21.2 Å². The Morgan fingerprint density at radius 3 is 2.07 bits per heavy atom. The van der Waals surface area contributed by atoms with Gasteiger partial charge < -0.3 is 4.74 Å². The number of carbonyl (C=O) groups is 2. The van der Waals surface area contributed by atoms with Crippen molar-refractivity contribution >= 4 is 69.8 Å². The zero-order chi connectivity index (χ0) is 19.5. The molecular weight excluding hydrogens is 459 g/mol. The standard InChI is InChI=1S/C17H14Cl5NO4/c1-5(18)2-3-26-23-14(24)6-7(15(23)25)11-9-8(10(6)27-11)16(21)4-17(9,22)13(20)12(16)19/h2,6-11H,3-4H2,1H3/b5-2+/t6-,7+,8-,9-,10+,11-,16-,17-/m0/s1. The quantitative estimate of drug-likeness (QED) is 0.463. The number of allylic oxidation sites excluding steroid dienone is 3. The molecule has 4 bridgehead atoms. The van der Waals surface area contributed by atoms with E-state index in [1.165, 1.54) is 0 Å². The predicted octanol–water partition coefficient (Wildman–Crippen LogP) is 3.74. The molecule has 3 heterocycles. The smallest absolute Gasteiger partial charge is 0.260 e. The van der Waals surface area contributed by atoms with Gasteiger partial charge >= 0.3 is 0 Å². The second-order valence-corrected chi connectivity index (χ2v) is 10.5. The molecule has 1 saturated carbocycles. The Balaban J connectivity index is 1.49. The van der Waals surface area contributed by atoms with E-state index >= 15 is 0 Å². The molecule has 0 unspecified atom stereocenters. The monoisotopic (exact) mass is 471 g/mol. The molecule has 0 N–H and O–H groups in total. The topological polar surface area (TPSA) is 55.8 Å². The lowest BCUT2D eigenvalue weighted by atomic mass is 9.65. The van der Waals surface area contributed by atoms with Gasteiger partial charge in [0.05, 0.1) is 50.5 Å². The van der Waals surface area contributed by atoms with Crippen LogP contribution in [-0.2, 0) is 19.2 Å². The van der Waals surface area contributed by atoms with E-state index in [-0.39, 0.29) is 18.4 Å². The molecule has 0 radical (unpaired) electrons. The molecule has 27 heavy (non-hydrogen) atoms. The van der Waals surface area contributed by atoms with Crippen LogP contribution in [0, 0.1) is 23.7 Å². The van der Waals surface area contributed by atoms with E-state index in [1.807, 2.05) is 0 Å². The number of imide groups is 1. The van der Waals surface area contributed by atoms with E-state index in [0.717, 1.165) is 5.06 Å². The summed E-state index contributed by atoms with van der Waals surface area (Å²) >= 11 is 32.3. The molecule has 146 valence electrons. The van der Waals surface area contributed by atoms with E-state index in [9.17, 15) is 9.59 Å². The van der Waals surface area contributed by atoms with Crippen LogP contribution in [-0.4, -0.2) is 45.4 Å². The Morgan fingerprint density at radius 2 is 1.63 bits per heavy atom. The van der Waals surface area contributed by atoms with Crippen molar-refractivity contribution in [1.29, 1.82) is 0 Å². The minimum absolute atomic E-state index is 0.0212. The minimum Gasteiger partial charge on any atom is -0.373 e. The maximum absolute atomic E-state index is 12.9. The van der Waals surface area contributed by atoms with Crippen LogP contribution in [0.15, 0.2) is 21.2 Å². The lowest BCUT2D eigenvalue weighted by Gasteiger charge is -2.40. The summed E-state index contributed by atoms with van der Waals surface area (Å²) in [5.41, 5.74) is 0. The number of halogens is 5. The molecule has 0 aromatic carbocycles. The molecule has 0 spiro atoms.